The zero-order valence-electron chi connectivity index (χ0n) is 18.4. The number of hydrogen-bond donors (Lipinski definition) is 2. The summed E-state index contributed by atoms with van der Waals surface area (Å²) < 4.78 is 3.79. The lowest BCUT2D eigenvalue weighted by Gasteiger charge is -2.25. The van der Waals surface area contributed by atoms with Crippen LogP contribution in [0.5, 0.6) is 0 Å². The Kier molecular flexibility index (Phi) is 8.36. The minimum absolute atomic E-state index is 0. The Bertz CT molecular complexity index is 975. The molecule has 1 saturated carbocycles. The molecule has 2 fully saturated rings. The first kappa shape index (κ1) is 25.4. The molecule has 2 aromatic heterocycles. The van der Waals surface area contributed by atoms with Crippen molar-refractivity contribution in [3.05, 3.63) is 51.2 Å². The minimum Gasteiger partial charge on any atom is -0.351 e. The van der Waals surface area contributed by atoms with Crippen molar-refractivity contribution in [3.63, 3.8) is 0 Å². The van der Waals surface area contributed by atoms with Gasteiger partial charge in [-0.15, -0.1) is 24.8 Å². The number of piperidine rings is 1. The molecular weight excluding hydrogens is 437 g/mol. The van der Waals surface area contributed by atoms with E-state index in [-0.39, 0.29) is 53.3 Å². The molecule has 1 saturated heterocycles. The molecule has 0 aromatic carbocycles. The Morgan fingerprint density at radius 1 is 1.23 bits per heavy atom. The number of nitrogens with one attached hydrogen (secondary N) is 2. The lowest BCUT2D eigenvalue weighted by molar-refractivity contribution is 0.0939. The van der Waals surface area contributed by atoms with Gasteiger partial charge in [0.25, 0.3) is 11.5 Å². The number of hydrogen-bond acceptors (Lipinski definition) is 4. The van der Waals surface area contributed by atoms with Crippen LogP contribution in [0.4, 0.5) is 0 Å². The average molecular weight is 470 g/mol. The molecule has 3 heterocycles. The van der Waals surface area contributed by atoms with E-state index in [0.29, 0.717) is 6.54 Å². The van der Waals surface area contributed by atoms with Gasteiger partial charge < -0.3 is 15.2 Å². The van der Waals surface area contributed by atoms with Crippen molar-refractivity contribution in [1.82, 2.24) is 25.0 Å². The second kappa shape index (κ2) is 10.2. The van der Waals surface area contributed by atoms with Gasteiger partial charge in [0.05, 0.1) is 5.69 Å². The van der Waals surface area contributed by atoms with Crippen molar-refractivity contribution in [3.8, 4) is 0 Å². The summed E-state index contributed by atoms with van der Waals surface area (Å²) in [5, 5.41) is 10.9. The number of carbonyl (C=O) groups is 1. The van der Waals surface area contributed by atoms with Crippen molar-refractivity contribution in [1.29, 1.82) is 0 Å². The summed E-state index contributed by atoms with van der Waals surface area (Å²) in [4.78, 5) is 26.0. The third-order valence-corrected chi connectivity index (χ3v) is 6.43. The molecule has 1 amide bonds. The van der Waals surface area contributed by atoms with Crippen molar-refractivity contribution in [2.75, 3.05) is 19.6 Å². The molecule has 1 aliphatic carbocycles. The Morgan fingerprint density at radius 2 is 1.90 bits per heavy atom. The molecule has 2 aromatic rings. The minimum atomic E-state index is -0.254. The standard InChI is InChI=1S/C22H31N5O2.2ClH/c1-15-6-11-26(18-4-9-23-10-5-18)21(29)19(15)20(28)24-13-22(7-8-22)14-27-17(3)12-16(2)25-27;;/h6,11-12,18,23H,4-5,7-10,13-14H2,1-3H3,(H,24,28);2*1H. The molecule has 9 heteroatoms. The van der Waals surface area contributed by atoms with Gasteiger partial charge in [-0.25, -0.2) is 0 Å². The summed E-state index contributed by atoms with van der Waals surface area (Å²) in [7, 11) is 0. The van der Waals surface area contributed by atoms with Gasteiger partial charge in [-0.05, 0) is 77.2 Å². The van der Waals surface area contributed by atoms with Crippen LogP contribution in [0.25, 0.3) is 0 Å². The lowest BCUT2D eigenvalue weighted by atomic mass is 10.0. The molecule has 0 bridgehead atoms. The van der Waals surface area contributed by atoms with Crippen LogP contribution in [0.1, 0.15) is 59.0 Å². The molecule has 0 radical (unpaired) electrons. The van der Waals surface area contributed by atoms with Crippen LogP contribution in [-0.2, 0) is 6.54 Å². The van der Waals surface area contributed by atoms with E-state index in [9.17, 15) is 9.59 Å². The van der Waals surface area contributed by atoms with Crippen LogP contribution in [0.15, 0.2) is 23.1 Å². The van der Waals surface area contributed by atoms with Crippen LogP contribution in [-0.4, -0.2) is 39.9 Å². The molecule has 7 nitrogen and oxygen atoms in total. The van der Waals surface area contributed by atoms with Crippen LogP contribution >= 0.6 is 24.8 Å². The predicted molar refractivity (Wildman–Crippen MR) is 127 cm³/mol. The maximum absolute atomic E-state index is 13.1. The fourth-order valence-electron chi connectivity index (χ4n) is 4.37. The van der Waals surface area contributed by atoms with Crippen LogP contribution in [0.2, 0.25) is 0 Å². The van der Waals surface area contributed by atoms with E-state index >= 15 is 0 Å². The zero-order chi connectivity index (χ0) is 20.6. The van der Waals surface area contributed by atoms with E-state index in [0.717, 1.165) is 62.3 Å². The highest BCUT2D eigenvalue weighted by molar-refractivity contribution is 5.95. The maximum Gasteiger partial charge on any atom is 0.263 e. The Morgan fingerprint density at radius 3 is 2.48 bits per heavy atom. The van der Waals surface area contributed by atoms with Crippen molar-refractivity contribution in [2.45, 2.75) is 59.0 Å². The highest BCUT2D eigenvalue weighted by Gasteiger charge is 2.43. The normalized spacial score (nSPS) is 17.4. The molecule has 0 unspecified atom stereocenters. The number of aromatic nitrogens is 3. The van der Waals surface area contributed by atoms with Crippen LogP contribution < -0.4 is 16.2 Å². The second-order valence-corrected chi connectivity index (χ2v) is 8.83. The zero-order valence-corrected chi connectivity index (χ0v) is 20.1. The molecule has 2 N–H and O–H groups in total. The van der Waals surface area contributed by atoms with Crippen molar-refractivity contribution >= 4 is 30.7 Å². The molecule has 2 aliphatic rings. The molecule has 1 aliphatic heterocycles. The summed E-state index contributed by atoms with van der Waals surface area (Å²) in [6, 6.07) is 4.13. The van der Waals surface area contributed by atoms with Gasteiger partial charge >= 0.3 is 0 Å². The van der Waals surface area contributed by atoms with Gasteiger partial charge in [0, 0.05) is 36.4 Å². The van der Waals surface area contributed by atoms with E-state index in [1.54, 1.807) is 4.57 Å². The second-order valence-electron chi connectivity index (χ2n) is 8.83. The number of nitrogens with zero attached hydrogens (tertiary/aromatic N) is 3. The monoisotopic (exact) mass is 469 g/mol. The molecular formula is C22H33Cl2N5O2. The number of aryl methyl sites for hydroxylation is 3. The van der Waals surface area contributed by atoms with E-state index in [4.69, 9.17) is 0 Å². The molecule has 0 atom stereocenters. The van der Waals surface area contributed by atoms with E-state index in [2.05, 4.69) is 28.7 Å². The first-order chi connectivity index (χ1) is 13.9. The highest BCUT2D eigenvalue weighted by atomic mass is 35.5. The fourth-order valence-corrected chi connectivity index (χ4v) is 4.37. The summed E-state index contributed by atoms with van der Waals surface area (Å²) in [5.74, 6) is -0.254. The Labute approximate surface area is 195 Å². The fraction of sp³-hybridized carbons (Fsp3) is 0.591. The molecule has 31 heavy (non-hydrogen) atoms. The number of pyridine rings is 1. The first-order valence-corrected chi connectivity index (χ1v) is 10.6. The van der Waals surface area contributed by atoms with Gasteiger partial charge in [0.15, 0.2) is 0 Å². The first-order valence-electron chi connectivity index (χ1n) is 10.6. The topological polar surface area (TPSA) is 81.0 Å². The van der Waals surface area contributed by atoms with E-state index in [1.807, 2.05) is 30.8 Å². The lowest BCUT2D eigenvalue weighted by Crippen LogP contribution is -2.40. The summed E-state index contributed by atoms with van der Waals surface area (Å²) in [6.07, 6.45) is 5.80. The van der Waals surface area contributed by atoms with Gasteiger partial charge in [0.1, 0.15) is 5.56 Å². The number of amides is 1. The SMILES string of the molecule is Cc1cc(C)n(CC2(CNC(=O)c3c(C)ccn(C4CCNCC4)c3=O)CC2)n1.Cl.Cl. The smallest absolute Gasteiger partial charge is 0.263 e. The number of rotatable bonds is 6. The highest BCUT2D eigenvalue weighted by Crippen LogP contribution is 2.46. The summed E-state index contributed by atoms with van der Waals surface area (Å²) in [6.45, 7) is 9.08. The maximum atomic E-state index is 13.1. The van der Waals surface area contributed by atoms with Crippen molar-refractivity contribution in [2.24, 2.45) is 5.41 Å². The van der Waals surface area contributed by atoms with Gasteiger partial charge in [-0.1, -0.05) is 0 Å². The van der Waals surface area contributed by atoms with Crippen molar-refractivity contribution < 1.29 is 4.79 Å². The third-order valence-electron chi connectivity index (χ3n) is 6.43. The Hall–Kier alpha value is -1.83. The molecule has 0 spiro atoms. The van der Waals surface area contributed by atoms with E-state index < -0.39 is 0 Å². The predicted octanol–water partition coefficient (Wildman–Crippen LogP) is 2.95. The van der Waals surface area contributed by atoms with Gasteiger partial charge in [-0.3, -0.25) is 14.3 Å². The number of carbonyl (C=O) groups excluding carboxylic acids is 1. The van der Waals surface area contributed by atoms with Crippen LogP contribution in [0, 0.1) is 26.2 Å². The van der Waals surface area contributed by atoms with Gasteiger partial charge in [-0.2, -0.15) is 5.10 Å². The van der Waals surface area contributed by atoms with E-state index in [1.165, 1.54) is 0 Å². The molecule has 172 valence electrons. The summed E-state index contributed by atoms with van der Waals surface area (Å²) >= 11 is 0. The number of halogens is 2. The van der Waals surface area contributed by atoms with Crippen LogP contribution in [0.3, 0.4) is 0 Å². The Balaban J connectivity index is 0.00000171. The van der Waals surface area contributed by atoms with Gasteiger partial charge in [0.2, 0.25) is 0 Å². The quantitative estimate of drug-likeness (QED) is 0.681. The summed E-state index contributed by atoms with van der Waals surface area (Å²) in [5.41, 5.74) is 3.06. The largest absolute Gasteiger partial charge is 0.351 e. The average Bonchev–Trinajstić information content (AvgIpc) is 3.39. The molecule has 4 rings (SSSR count). The third kappa shape index (κ3) is 5.51.